The Balaban J connectivity index is 2.70. The lowest BCUT2D eigenvalue weighted by atomic mass is 10.0. The maximum atomic E-state index is 11.0. The third-order valence-corrected chi connectivity index (χ3v) is 1.65. The molecule has 0 saturated carbocycles. The molecule has 1 saturated heterocycles. The molecule has 1 heterocycles. The van der Waals surface area contributed by atoms with Gasteiger partial charge in [0.2, 0.25) is 0 Å². The van der Waals surface area contributed by atoms with E-state index in [9.17, 15) is 4.79 Å². The van der Waals surface area contributed by atoms with Gasteiger partial charge >= 0.3 is 5.97 Å². The maximum absolute atomic E-state index is 11.0. The van der Waals surface area contributed by atoms with Gasteiger partial charge in [-0.3, -0.25) is 0 Å². The van der Waals surface area contributed by atoms with E-state index in [-0.39, 0.29) is 11.9 Å². The lowest BCUT2D eigenvalue weighted by Crippen LogP contribution is -2.31. The topological polar surface area (TPSA) is 47.9 Å². The van der Waals surface area contributed by atoms with Crippen molar-refractivity contribution < 1.29 is 14.4 Å². The number of nitrogens with zero attached hydrogens (tertiary/aromatic N) is 1. The second kappa shape index (κ2) is 3.37. The quantitative estimate of drug-likeness (QED) is 0.413. The van der Waals surface area contributed by atoms with Gasteiger partial charge in [-0.15, -0.1) is 0 Å². The van der Waals surface area contributed by atoms with Crippen molar-refractivity contribution in [2.45, 2.75) is 13.3 Å². The number of carbonyl (C=O) groups excluding carboxylic acids is 1. The van der Waals surface area contributed by atoms with E-state index in [1.807, 2.05) is 6.92 Å². The minimum Gasteiger partial charge on any atom is -0.461 e. The first-order chi connectivity index (χ1) is 5.25. The largest absolute Gasteiger partial charge is 0.461 e. The summed E-state index contributed by atoms with van der Waals surface area (Å²) in [6.45, 7) is 2.42. The monoisotopic (exact) mass is 157 g/mol. The predicted octanol–water partition coefficient (Wildman–Crippen LogP) is 0.572. The van der Waals surface area contributed by atoms with E-state index in [2.05, 4.69) is 9.99 Å². The Labute approximate surface area is 65.2 Å². The summed E-state index contributed by atoms with van der Waals surface area (Å²) in [7, 11) is 1.42. The van der Waals surface area contributed by atoms with Crippen LogP contribution in [0.15, 0.2) is 5.16 Å². The van der Waals surface area contributed by atoms with Crippen molar-refractivity contribution in [3.8, 4) is 0 Å². The minimum atomic E-state index is -0.356. The standard InChI is InChI=1S/C7H11NO3/c1-5-3-4-11-7(9)6(5)8-10-2/h5H,3-4H2,1-2H3/b8-6+. The molecule has 1 unspecified atom stereocenters. The van der Waals surface area contributed by atoms with Gasteiger partial charge in [-0.25, -0.2) is 4.79 Å². The van der Waals surface area contributed by atoms with Gasteiger partial charge in [0.05, 0.1) is 6.61 Å². The molecule has 0 aliphatic carbocycles. The van der Waals surface area contributed by atoms with E-state index >= 15 is 0 Å². The Bertz CT molecular complexity index is 188. The maximum Gasteiger partial charge on any atom is 0.356 e. The first-order valence-electron chi connectivity index (χ1n) is 3.54. The van der Waals surface area contributed by atoms with Crippen molar-refractivity contribution in [2.75, 3.05) is 13.7 Å². The van der Waals surface area contributed by atoms with Crippen LogP contribution in [0.1, 0.15) is 13.3 Å². The second-order valence-corrected chi connectivity index (χ2v) is 2.48. The molecule has 0 radical (unpaired) electrons. The molecule has 0 bridgehead atoms. The highest BCUT2D eigenvalue weighted by Gasteiger charge is 2.26. The number of esters is 1. The minimum absolute atomic E-state index is 0.149. The van der Waals surface area contributed by atoms with Crippen molar-refractivity contribution in [3.05, 3.63) is 0 Å². The Morgan fingerprint density at radius 3 is 3.00 bits per heavy atom. The van der Waals surface area contributed by atoms with Crippen LogP contribution in [-0.4, -0.2) is 25.4 Å². The summed E-state index contributed by atoms with van der Waals surface area (Å²) in [5.74, 6) is -0.207. The van der Waals surface area contributed by atoms with E-state index < -0.39 is 0 Å². The molecular weight excluding hydrogens is 146 g/mol. The van der Waals surface area contributed by atoms with E-state index in [0.29, 0.717) is 12.3 Å². The van der Waals surface area contributed by atoms with Crippen LogP contribution < -0.4 is 0 Å². The average molecular weight is 157 g/mol. The smallest absolute Gasteiger partial charge is 0.356 e. The van der Waals surface area contributed by atoms with Crippen molar-refractivity contribution in [1.29, 1.82) is 0 Å². The molecule has 11 heavy (non-hydrogen) atoms. The molecule has 1 aliphatic heterocycles. The molecule has 1 atom stereocenters. The summed E-state index contributed by atoms with van der Waals surface area (Å²) in [4.78, 5) is 15.5. The number of cyclic esters (lactones) is 1. The Morgan fingerprint density at radius 1 is 1.73 bits per heavy atom. The molecule has 0 spiro atoms. The Kier molecular flexibility index (Phi) is 2.46. The zero-order valence-corrected chi connectivity index (χ0v) is 6.66. The van der Waals surface area contributed by atoms with Gasteiger partial charge in [-0.2, -0.15) is 0 Å². The molecule has 0 N–H and O–H groups in total. The van der Waals surface area contributed by atoms with Gasteiger partial charge < -0.3 is 9.57 Å². The fourth-order valence-electron chi connectivity index (χ4n) is 0.966. The van der Waals surface area contributed by atoms with Crippen LogP contribution in [0.3, 0.4) is 0 Å². The number of rotatable bonds is 1. The fourth-order valence-corrected chi connectivity index (χ4v) is 0.966. The van der Waals surface area contributed by atoms with Gasteiger partial charge in [0, 0.05) is 5.92 Å². The highest BCUT2D eigenvalue weighted by atomic mass is 16.6. The number of hydrogen-bond donors (Lipinski definition) is 0. The third-order valence-electron chi connectivity index (χ3n) is 1.65. The molecular formula is C7H11NO3. The molecule has 0 aromatic rings. The van der Waals surface area contributed by atoms with Gasteiger partial charge in [0.1, 0.15) is 7.11 Å². The molecule has 1 rings (SSSR count). The summed E-state index contributed by atoms with van der Waals surface area (Å²) < 4.78 is 4.76. The molecule has 1 aliphatic rings. The zero-order chi connectivity index (χ0) is 8.27. The first-order valence-corrected chi connectivity index (χ1v) is 3.54. The predicted molar refractivity (Wildman–Crippen MR) is 39.2 cm³/mol. The van der Waals surface area contributed by atoms with E-state index in [1.54, 1.807) is 0 Å². The molecule has 62 valence electrons. The highest BCUT2D eigenvalue weighted by Crippen LogP contribution is 2.12. The van der Waals surface area contributed by atoms with E-state index in [4.69, 9.17) is 4.74 Å². The van der Waals surface area contributed by atoms with Crippen molar-refractivity contribution >= 4 is 11.7 Å². The van der Waals surface area contributed by atoms with Crippen LogP contribution in [0.5, 0.6) is 0 Å². The normalized spacial score (nSPS) is 28.4. The second-order valence-electron chi connectivity index (χ2n) is 2.48. The van der Waals surface area contributed by atoms with Gasteiger partial charge in [0.25, 0.3) is 0 Å². The van der Waals surface area contributed by atoms with Gasteiger partial charge in [-0.05, 0) is 6.42 Å². The molecule has 4 heteroatoms. The molecule has 1 fully saturated rings. The number of hydrogen-bond acceptors (Lipinski definition) is 4. The van der Waals surface area contributed by atoms with Crippen molar-refractivity contribution in [1.82, 2.24) is 0 Å². The zero-order valence-electron chi connectivity index (χ0n) is 6.66. The first kappa shape index (κ1) is 8.04. The van der Waals surface area contributed by atoms with E-state index in [1.165, 1.54) is 7.11 Å². The molecule has 0 amide bonds. The summed E-state index contributed by atoms with van der Waals surface area (Å²) in [5, 5.41) is 3.59. The van der Waals surface area contributed by atoms with E-state index in [0.717, 1.165) is 6.42 Å². The summed E-state index contributed by atoms with van der Waals surface area (Å²) in [6.07, 6.45) is 0.827. The van der Waals surface area contributed by atoms with Gasteiger partial charge in [0.15, 0.2) is 5.71 Å². The molecule has 0 aromatic carbocycles. The van der Waals surface area contributed by atoms with Crippen LogP contribution in [-0.2, 0) is 14.4 Å². The summed E-state index contributed by atoms with van der Waals surface area (Å²) in [6, 6.07) is 0. The lowest BCUT2D eigenvalue weighted by molar-refractivity contribution is -0.138. The SMILES string of the molecule is CO/N=C1/C(=O)OCCC1C. The van der Waals surface area contributed by atoms with Crippen LogP contribution in [0.25, 0.3) is 0 Å². The third kappa shape index (κ3) is 1.69. The summed E-state index contributed by atoms with van der Waals surface area (Å²) >= 11 is 0. The fraction of sp³-hybridized carbons (Fsp3) is 0.714. The number of oxime groups is 1. The molecule has 4 nitrogen and oxygen atoms in total. The Hall–Kier alpha value is -1.06. The van der Waals surface area contributed by atoms with Crippen molar-refractivity contribution in [2.24, 2.45) is 11.1 Å². The van der Waals surface area contributed by atoms with Crippen LogP contribution in [0, 0.1) is 5.92 Å². The summed E-state index contributed by atoms with van der Waals surface area (Å²) in [5.41, 5.74) is 0.388. The lowest BCUT2D eigenvalue weighted by Gasteiger charge is -2.18. The number of carbonyl (C=O) groups is 1. The van der Waals surface area contributed by atoms with Gasteiger partial charge in [-0.1, -0.05) is 12.1 Å². The van der Waals surface area contributed by atoms with Crippen LogP contribution in [0.4, 0.5) is 0 Å². The van der Waals surface area contributed by atoms with Crippen LogP contribution in [0.2, 0.25) is 0 Å². The molecule has 0 aromatic heterocycles. The van der Waals surface area contributed by atoms with Crippen LogP contribution >= 0.6 is 0 Å². The highest BCUT2D eigenvalue weighted by molar-refractivity contribution is 6.37. The average Bonchev–Trinajstić information content (AvgIpc) is 1.97. The Morgan fingerprint density at radius 2 is 2.45 bits per heavy atom. The van der Waals surface area contributed by atoms with Crippen molar-refractivity contribution in [3.63, 3.8) is 0 Å². The number of ether oxygens (including phenoxy) is 1.